The van der Waals surface area contributed by atoms with Crippen molar-refractivity contribution >= 4 is 5.82 Å². The minimum Gasteiger partial charge on any atom is -0.350 e. The second kappa shape index (κ2) is 2.08. The summed E-state index contributed by atoms with van der Waals surface area (Å²) < 4.78 is 0. The summed E-state index contributed by atoms with van der Waals surface area (Å²) in [6, 6.07) is 2.36. The van der Waals surface area contributed by atoms with Crippen LogP contribution in [0, 0.1) is 0 Å². The number of hydrogen-bond donors (Lipinski definition) is 1. The van der Waals surface area contributed by atoms with Gasteiger partial charge in [0.25, 0.3) is 0 Å². The average Bonchev–Trinajstić information content (AvgIpc) is 2.67. The minimum atomic E-state index is -0.276. The van der Waals surface area contributed by atoms with Gasteiger partial charge in [0.05, 0.1) is 0 Å². The van der Waals surface area contributed by atoms with E-state index < -0.39 is 0 Å². The zero-order valence-corrected chi connectivity index (χ0v) is 6.24. The average molecular weight is 151 g/mol. The number of rotatable bonds is 1. The molecule has 1 unspecified atom stereocenters. The van der Waals surface area contributed by atoms with Gasteiger partial charge in [0.2, 0.25) is 0 Å². The lowest BCUT2D eigenvalue weighted by Gasteiger charge is -1.98. The number of H-pyrrole nitrogens is 1. The van der Waals surface area contributed by atoms with E-state index in [-0.39, 0.29) is 5.69 Å². The van der Waals surface area contributed by atoms with Gasteiger partial charge in [-0.2, -0.15) is 4.98 Å². The number of hydrogen-bond acceptors (Lipinski definition) is 3. The maximum absolute atomic E-state index is 10.7. The van der Waals surface area contributed by atoms with Crippen LogP contribution in [0.3, 0.4) is 0 Å². The summed E-state index contributed by atoms with van der Waals surface area (Å²) in [5.74, 6) is 0.779. The minimum absolute atomic E-state index is 0.276. The van der Waals surface area contributed by atoms with Gasteiger partial charge in [-0.05, 0) is 13.0 Å². The third-order valence-electron chi connectivity index (χ3n) is 1.81. The van der Waals surface area contributed by atoms with Crippen LogP contribution in [0.4, 0.5) is 5.82 Å². The van der Waals surface area contributed by atoms with E-state index in [0.29, 0.717) is 6.04 Å². The van der Waals surface area contributed by atoms with Crippen LogP contribution in [0.1, 0.15) is 6.92 Å². The van der Waals surface area contributed by atoms with Gasteiger partial charge in [-0.3, -0.25) is 0 Å². The number of nitrogens with zero attached hydrogens (tertiary/aromatic N) is 2. The molecule has 0 aromatic carbocycles. The highest BCUT2D eigenvalue weighted by atomic mass is 16.1. The molecule has 1 saturated heterocycles. The zero-order chi connectivity index (χ0) is 7.84. The molecule has 4 nitrogen and oxygen atoms in total. The number of aromatic amines is 1. The Morgan fingerprint density at radius 1 is 1.82 bits per heavy atom. The van der Waals surface area contributed by atoms with Crippen LogP contribution >= 0.6 is 0 Å². The fourth-order valence-corrected chi connectivity index (χ4v) is 1.08. The highest BCUT2D eigenvalue weighted by Crippen LogP contribution is 2.22. The molecule has 0 amide bonds. The van der Waals surface area contributed by atoms with Crippen LogP contribution in [0.25, 0.3) is 0 Å². The monoisotopic (exact) mass is 151 g/mol. The summed E-state index contributed by atoms with van der Waals surface area (Å²) in [6.07, 6.45) is 1.62. The van der Waals surface area contributed by atoms with Gasteiger partial charge < -0.3 is 9.88 Å². The zero-order valence-electron chi connectivity index (χ0n) is 6.24. The van der Waals surface area contributed by atoms with E-state index in [1.165, 1.54) is 0 Å². The summed E-state index contributed by atoms with van der Waals surface area (Å²) in [5, 5.41) is 0. The molecule has 2 rings (SSSR count). The molecule has 1 fully saturated rings. The van der Waals surface area contributed by atoms with Crippen molar-refractivity contribution in [2.75, 3.05) is 11.4 Å². The van der Waals surface area contributed by atoms with Crippen molar-refractivity contribution in [1.29, 1.82) is 0 Å². The summed E-state index contributed by atoms with van der Waals surface area (Å²) in [5.41, 5.74) is -0.276. The van der Waals surface area contributed by atoms with E-state index in [4.69, 9.17) is 0 Å². The van der Waals surface area contributed by atoms with E-state index in [1.54, 1.807) is 6.20 Å². The Kier molecular flexibility index (Phi) is 1.21. The highest BCUT2D eigenvalue weighted by Gasteiger charge is 2.30. The third kappa shape index (κ3) is 1.11. The van der Waals surface area contributed by atoms with E-state index in [0.717, 1.165) is 12.4 Å². The van der Waals surface area contributed by atoms with E-state index in [2.05, 4.69) is 21.8 Å². The topological polar surface area (TPSA) is 48.8 Å². The predicted octanol–water partition coefficient (Wildman–Crippen LogP) is -0.0216. The molecule has 0 bridgehead atoms. The lowest BCUT2D eigenvalue weighted by Crippen LogP contribution is -2.12. The molecular weight excluding hydrogens is 142 g/mol. The predicted molar refractivity (Wildman–Crippen MR) is 41.7 cm³/mol. The normalized spacial score (nSPS) is 21.9. The van der Waals surface area contributed by atoms with Crippen molar-refractivity contribution in [3.8, 4) is 0 Å². The van der Waals surface area contributed by atoms with Crippen LogP contribution in [0.2, 0.25) is 0 Å². The van der Waals surface area contributed by atoms with Crippen molar-refractivity contribution < 1.29 is 0 Å². The molecule has 1 atom stereocenters. The van der Waals surface area contributed by atoms with Crippen molar-refractivity contribution in [3.05, 3.63) is 22.7 Å². The number of anilines is 1. The molecule has 0 aliphatic carbocycles. The molecule has 58 valence electrons. The van der Waals surface area contributed by atoms with Gasteiger partial charge >= 0.3 is 5.69 Å². The second-order valence-electron chi connectivity index (χ2n) is 2.75. The highest BCUT2D eigenvalue weighted by molar-refractivity contribution is 5.45. The second-order valence-corrected chi connectivity index (χ2v) is 2.75. The standard InChI is InChI=1S/C7H9N3O/c1-5-4-10(5)6-2-3-8-7(11)9-6/h2-3,5H,4H2,1H3,(H,8,9,11). The van der Waals surface area contributed by atoms with Crippen molar-refractivity contribution in [2.24, 2.45) is 0 Å². The fraction of sp³-hybridized carbons (Fsp3) is 0.429. The van der Waals surface area contributed by atoms with Gasteiger partial charge in [-0.25, -0.2) is 4.79 Å². The van der Waals surface area contributed by atoms with Crippen LogP contribution in [0.5, 0.6) is 0 Å². The Balaban J connectivity index is 2.32. The van der Waals surface area contributed by atoms with Crippen LogP contribution in [-0.2, 0) is 0 Å². The molecule has 4 heteroatoms. The van der Waals surface area contributed by atoms with Gasteiger partial charge in [0.1, 0.15) is 5.82 Å². The Morgan fingerprint density at radius 2 is 2.55 bits per heavy atom. The lowest BCUT2D eigenvalue weighted by atomic mass is 10.5. The van der Waals surface area contributed by atoms with Crippen LogP contribution in [-0.4, -0.2) is 22.6 Å². The first-order valence-electron chi connectivity index (χ1n) is 3.60. The van der Waals surface area contributed by atoms with Gasteiger partial charge in [0, 0.05) is 18.8 Å². The van der Waals surface area contributed by atoms with Crippen molar-refractivity contribution in [3.63, 3.8) is 0 Å². The summed E-state index contributed by atoms with van der Waals surface area (Å²) in [4.78, 5) is 19.1. The molecular formula is C7H9N3O. The Bertz CT molecular complexity index is 319. The quantitative estimate of drug-likeness (QED) is 0.574. The van der Waals surface area contributed by atoms with Gasteiger partial charge in [-0.15, -0.1) is 0 Å². The largest absolute Gasteiger partial charge is 0.350 e. The Labute approximate surface area is 63.9 Å². The van der Waals surface area contributed by atoms with Crippen LogP contribution in [0.15, 0.2) is 17.1 Å². The number of aromatic nitrogens is 2. The molecule has 1 aromatic rings. The fourth-order valence-electron chi connectivity index (χ4n) is 1.08. The first-order valence-corrected chi connectivity index (χ1v) is 3.60. The number of nitrogens with one attached hydrogen (secondary N) is 1. The van der Waals surface area contributed by atoms with Crippen LogP contribution < -0.4 is 10.6 Å². The smallest absolute Gasteiger partial charge is 0.346 e. The Hall–Kier alpha value is -1.32. The molecule has 2 heterocycles. The van der Waals surface area contributed by atoms with E-state index >= 15 is 0 Å². The third-order valence-corrected chi connectivity index (χ3v) is 1.81. The molecule has 0 radical (unpaired) electrons. The first-order chi connectivity index (χ1) is 5.27. The molecule has 0 saturated carbocycles. The molecule has 1 aliphatic rings. The Morgan fingerprint density at radius 3 is 3.09 bits per heavy atom. The van der Waals surface area contributed by atoms with E-state index in [9.17, 15) is 4.79 Å². The SMILES string of the molecule is CC1CN1c1cc[nH]c(=O)n1. The molecule has 0 spiro atoms. The maximum atomic E-state index is 10.7. The lowest BCUT2D eigenvalue weighted by molar-refractivity contribution is 1.03. The molecule has 1 aliphatic heterocycles. The van der Waals surface area contributed by atoms with Gasteiger partial charge in [0.15, 0.2) is 0 Å². The van der Waals surface area contributed by atoms with Crippen molar-refractivity contribution in [2.45, 2.75) is 13.0 Å². The summed E-state index contributed by atoms with van der Waals surface area (Å²) >= 11 is 0. The van der Waals surface area contributed by atoms with E-state index in [1.807, 2.05) is 6.07 Å². The molecule has 11 heavy (non-hydrogen) atoms. The van der Waals surface area contributed by atoms with Gasteiger partial charge in [-0.1, -0.05) is 0 Å². The van der Waals surface area contributed by atoms with Crippen molar-refractivity contribution in [1.82, 2.24) is 9.97 Å². The first kappa shape index (κ1) is 6.39. The molecule has 1 aromatic heterocycles. The molecule has 1 N–H and O–H groups in total. The summed E-state index contributed by atoms with van der Waals surface area (Å²) in [6.45, 7) is 3.11. The maximum Gasteiger partial charge on any atom is 0.346 e. The summed E-state index contributed by atoms with van der Waals surface area (Å²) in [7, 11) is 0.